The lowest BCUT2D eigenvalue weighted by molar-refractivity contribution is -0.112. The van der Waals surface area contributed by atoms with Crippen LogP contribution in [0.3, 0.4) is 0 Å². The van der Waals surface area contributed by atoms with Crippen LogP contribution < -0.4 is 5.32 Å². The Hall–Kier alpha value is -2.42. The van der Waals surface area contributed by atoms with E-state index in [4.69, 9.17) is 16.9 Å². The molecule has 2 N–H and O–H groups in total. The Kier molecular flexibility index (Phi) is 5.32. The van der Waals surface area contributed by atoms with Gasteiger partial charge in [-0.1, -0.05) is 23.4 Å². The Bertz CT molecular complexity index is 850. The fourth-order valence-corrected chi connectivity index (χ4v) is 3.17. The second-order valence-electron chi connectivity index (χ2n) is 5.68. The first-order valence-corrected chi connectivity index (χ1v) is 8.94. The number of hydrogen-bond donors (Lipinski definition) is 2. The normalized spacial score (nSPS) is 14.4. The molecule has 1 saturated carbocycles. The number of aliphatic hydroxyl groups is 1. The molecule has 0 atom stereocenters. The number of aliphatic hydroxyl groups excluding tert-OH is 1. The molecule has 0 aromatic heterocycles. The lowest BCUT2D eigenvalue weighted by Crippen LogP contribution is -2.15. The van der Waals surface area contributed by atoms with Gasteiger partial charge in [-0.2, -0.15) is 5.26 Å². The smallest absolute Gasteiger partial charge is 0.269 e. The Morgan fingerprint density at radius 2 is 1.68 bits per heavy atom. The van der Waals surface area contributed by atoms with Crippen LogP contribution in [0.15, 0.2) is 69.7 Å². The number of anilines is 1. The third-order valence-electron chi connectivity index (χ3n) is 3.72. The van der Waals surface area contributed by atoms with Gasteiger partial charge in [-0.05, 0) is 61.4 Å². The Balaban J connectivity index is 1.66. The fourth-order valence-electron chi connectivity index (χ4n) is 2.22. The zero-order valence-corrected chi connectivity index (χ0v) is 14.8. The van der Waals surface area contributed by atoms with Gasteiger partial charge in [0.2, 0.25) is 0 Å². The molecule has 0 unspecified atom stereocenters. The maximum absolute atomic E-state index is 12.2. The molecule has 0 aliphatic heterocycles. The molecule has 0 spiro atoms. The lowest BCUT2D eigenvalue weighted by Gasteiger charge is -2.07. The average molecular weight is 371 g/mol. The number of halogens is 1. The molecule has 1 fully saturated rings. The number of carbonyl (C=O) groups excluding carboxylic acids is 1. The van der Waals surface area contributed by atoms with Gasteiger partial charge in [0, 0.05) is 26.4 Å². The van der Waals surface area contributed by atoms with Crippen LogP contribution in [-0.2, 0) is 4.79 Å². The summed E-state index contributed by atoms with van der Waals surface area (Å²) in [6.07, 6.45) is 1.64. The quantitative estimate of drug-likeness (QED) is 0.432. The summed E-state index contributed by atoms with van der Waals surface area (Å²) < 4.78 is 0. The third-order valence-corrected chi connectivity index (χ3v) is 4.99. The third kappa shape index (κ3) is 4.56. The van der Waals surface area contributed by atoms with E-state index in [2.05, 4.69) is 5.32 Å². The second-order valence-corrected chi connectivity index (χ2v) is 7.26. The molecule has 1 amide bonds. The minimum absolute atomic E-state index is 0.0430. The first kappa shape index (κ1) is 17.4. The highest BCUT2D eigenvalue weighted by atomic mass is 35.5. The molecule has 1 aliphatic rings. The standard InChI is InChI=1S/C19H15ClN2O2S/c20-13-3-7-15(8-4-13)25-16-9-5-14(6-10-16)22-19(24)17(11-21)18(23)12-1-2-12/h3-10,12,23H,1-2H2,(H,22,24). The zero-order valence-electron chi connectivity index (χ0n) is 13.2. The average Bonchev–Trinajstić information content (AvgIpc) is 3.44. The van der Waals surface area contributed by atoms with E-state index in [0.29, 0.717) is 10.7 Å². The van der Waals surface area contributed by atoms with Gasteiger partial charge < -0.3 is 10.4 Å². The van der Waals surface area contributed by atoms with E-state index >= 15 is 0 Å². The summed E-state index contributed by atoms with van der Waals surface area (Å²) in [5, 5.41) is 22.4. The van der Waals surface area contributed by atoms with Crippen LogP contribution in [0.4, 0.5) is 5.69 Å². The first-order chi connectivity index (χ1) is 12.1. The fraction of sp³-hybridized carbons (Fsp3) is 0.158. The van der Waals surface area contributed by atoms with Gasteiger partial charge in [0.25, 0.3) is 5.91 Å². The van der Waals surface area contributed by atoms with Crippen molar-refractivity contribution in [2.75, 3.05) is 5.32 Å². The van der Waals surface area contributed by atoms with Crippen molar-refractivity contribution in [3.05, 3.63) is 64.9 Å². The minimum atomic E-state index is -0.579. The summed E-state index contributed by atoms with van der Waals surface area (Å²) in [5.74, 6) is -0.724. The molecule has 126 valence electrons. The van der Waals surface area contributed by atoms with Crippen LogP contribution >= 0.6 is 23.4 Å². The lowest BCUT2D eigenvalue weighted by atomic mass is 10.1. The number of amides is 1. The summed E-state index contributed by atoms with van der Waals surface area (Å²) in [7, 11) is 0. The summed E-state index contributed by atoms with van der Waals surface area (Å²) in [6, 6.07) is 16.6. The number of allylic oxidation sites excluding steroid dienone is 1. The van der Waals surface area contributed by atoms with E-state index in [9.17, 15) is 9.90 Å². The summed E-state index contributed by atoms with van der Waals surface area (Å²) in [6.45, 7) is 0. The highest BCUT2D eigenvalue weighted by molar-refractivity contribution is 7.99. The minimum Gasteiger partial charge on any atom is -0.510 e. The van der Waals surface area contributed by atoms with E-state index in [1.807, 2.05) is 36.4 Å². The van der Waals surface area contributed by atoms with Gasteiger partial charge in [0.1, 0.15) is 11.8 Å². The number of rotatable bonds is 5. The molecule has 3 rings (SSSR count). The summed E-state index contributed by atoms with van der Waals surface area (Å²) in [5.41, 5.74) is 0.365. The maximum Gasteiger partial charge on any atom is 0.269 e. The van der Waals surface area contributed by atoms with Gasteiger partial charge in [-0.3, -0.25) is 4.79 Å². The van der Waals surface area contributed by atoms with Crippen LogP contribution in [0.2, 0.25) is 5.02 Å². The van der Waals surface area contributed by atoms with Crippen molar-refractivity contribution in [1.29, 1.82) is 5.26 Å². The van der Waals surface area contributed by atoms with Gasteiger partial charge in [-0.25, -0.2) is 0 Å². The van der Waals surface area contributed by atoms with Gasteiger partial charge in [-0.15, -0.1) is 0 Å². The molecule has 4 nitrogen and oxygen atoms in total. The van der Waals surface area contributed by atoms with Crippen LogP contribution in [0.5, 0.6) is 0 Å². The number of nitrogens with zero attached hydrogens (tertiary/aromatic N) is 1. The van der Waals surface area contributed by atoms with Crippen molar-refractivity contribution in [2.24, 2.45) is 5.92 Å². The summed E-state index contributed by atoms with van der Waals surface area (Å²) in [4.78, 5) is 14.2. The van der Waals surface area contributed by atoms with Crippen molar-refractivity contribution in [2.45, 2.75) is 22.6 Å². The SMILES string of the molecule is N#CC(C(=O)Nc1ccc(Sc2ccc(Cl)cc2)cc1)=C(O)C1CC1. The Morgan fingerprint density at radius 1 is 1.12 bits per heavy atom. The number of nitrogens with one attached hydrogen (secondary N) is 1. The van der Waals surface area contributed by atoms with Gasteiger partial charge in [0.05, 0.1) is 0 Å². The molecular formula is C19H15ClN2O2S. The first-order valence-electron chi connectivity index (χ1n) is 7.75. The van der Waals surface area contributed by atoms with E-state index in [0.717, 1.165) is 22.6 Å². The molecule has 0 bridgehead atoms. The zero-order chi connectivity index (χ0) is 17.8. The molecule has 6 heteroatoms. The topological polar surface area (TPSA) is 73.1 Å². The van der Waals surface area contributed by atoms with Crippen LogP contribution in [0.1, 0.15) is 12.8 Å². The predicted molar refractivity (Wildman–Crippen MR) is 98.6 cm³/mol. The molecule has 0 heterocycles. The monoisotopic (exact) mass is 370 g/mol. The van der Waals surface area contributed by atoms with Crippen molar-refractivity contribution in [3.63, 3.8) is 0 Å². The Labute approximate surface area is 155 Å². The van der Waals surface area contributed by atoms with E-state index in [1.54, 1.807) is 30.0 Å². The van der Waals surface area contributed by atoms with Crippen LogP contribution in [0, 0.1) is 17.2 Å². The molecule has 0 saturated heterocycles. The number of benzene rings is 2. The highest BCUT2D eigenvalue weighted by Gasteiger charge is 2.30. The van der Waals surface area contributed by atoms with Crippen molar-refractivity contribution in [3.8, 4) is 6.07 Å². The second kappa shape index (κ2) is 7.64. The van der Waals surface area contributed by atoms with Gasteiger partial charge in [0.15, 0.2) is 5.57 Å². The van der Waals surface area contributed by atoms with Crippen molar-refractivity contribution < 1.29 is 9.90 Å². The van der Waals surface area contributed by atoms with E-state index in [1.165, 1.54) is 0 Å². The number of nitriles is 1. The molecule has 0 radical (unpaired) electrons. The van der Waals surface area contributed by atoms with Crippen LogP contribution in [0.25, 0.3) is 0 Å². The number of hydrogen-bond acceptors (Lipinski definition) is 4. The largest absolute Gasteiger partial charge is 0.510 e. The molecule has 2 aromatic rings. The molecule has 1 aliphatic carbocycles. The van der Waals surface area contributed by atoms with Gasteiger partial charge >= 0.3 is 0 Å². The van der Waals surface area contributed by atoms with E-state index in [-0.39, 0.29) is 17.3 Å². The van der Waals surface area contributed by atoms with Crippen LogP contribution in [-0.4, -0.2) is 11.0 Å². The number of carbonyl (C=O) groups is 1. The van der Waals surface area contributed by atoms with Crippen molar-refractivity contribution >= 4 is 35.0 Å². The Morgan fingerprint density at radius 3 is 2.20 bits per heavy atom. The predicted octanol–water partition coefficient (Wildman–Crippen LogP) is 5.18. The summed E-state index contributed by atoms with van der Waals surface area (Å²) >= 11 is 7.45. The maximum atomic E-state index is 12.2. The van der Waals surface area contributed by atoms with E-state index < -0.39 is 5.91 Å². The molecule has 2 aromatic carbocycles. The van der Waals surface area contributed by atoms with Crippen molar-refractivity contribution in [1.82, 2.24) is 0 Å². The molecular weight excluding hydrogens is 356 g/mol. The molecule has 25 heavy (non-hydrogen) atoms. The highest BCUT2D eigenvalue weighted by Crippen LogP contribution is 2.36.